The normalized spacial score (nSPS) is 10.9. The van der Waals surface area contributed by atoms with Gasteiger partial charge in [-0.1, -0.05) is 23.7 Å². The molecule has 1 N–H and O–H groups in total. The molecule has 0 saturated heterocycles. The van der Waals surface area contributed by atoms with Gasteiger partial charge < -0.3 is 5.32 Å². The van der Waals surface area contributed by atoms with E-state index < -0.39 is 0 Å². The topological polar surface area (TPSA) is 32.3 Å². The molecule has 0 aliphatic carbocycles. The van der Waals surface area contributed by atoms with Crippen LogP contribution >= 0.6 is 22.9 Å². The summed E-state index contributed by atoms with van der Waals surface area (Å²) in [4.78, 5) is 15.3. The molecular weight excluding hydrogens is 304 g/mol. The van der Waals surface area contributed by atoms with Crippen molar-refractivity contribution in [2.75, 3.05) is 13.6 Å². The second kappa shape index (κ2) is 7.59. The number of rotatable bonds is 6. The lowest BCUT2D eigenvalue weighted by atomic mass is 10.2. The lowest BCUT2D eigenvalue weighted by Gasteiger charge is -2.16. The van der Waals surface area contributed by atoms with E-state index in [0.29, 0.717) is 18.1 Å². The van der Waals surface area contributed by atoms with Gasteiger partial charge in [-0.25, -0.2) is 0 Å². The molecule has 0 radical (unpaired) electrons. The highest BCUT2D eigenvalue weighted by molar-refractivity contribution is 7.10. The Morgan fingerprint density at radius 1 is 1.29 bits per heavy atom. The van der Waals surface area contributed by atoms with Crippen LogP contribution in [0.15, 0.2) is 35.7 Å². The summed E-state index contributed by atoms with van der Waals surface area (Å²) in [5, 5.41) is 5.71. The SMILES string of the molecule is Cc1ccsc1CN(C)CC(=O)NCc1ccc(Cl)cc1. The van der Waals surface area contributed by atoms with Crippen LogP contribution in [-0.4, -0.2) is 24.4 Å². The molecule has 21 heavy (non-hydrogen) atoms. The molecule has 0 fully saturated rings. The minimum Gasteiger partial charge on any atom is -0.351 e. The predicted molar refractivity (Wildman–Crippen MR) is 88.7 cm³/mol. The number of amides is 1. The monoisotopic (exact) mass is 322 g/mol. The zero-order chi connectivity index (χ0) is 15.2. The summed E-state index contributed by atoms with van der Waals surface area (Å²) in [5.74, 6) is 0.0293. The van der Waals surface area contributed by atoms with Crippen molar-refractivity contribution >= 4 is 28.8 Å². The number of benzene rings is 1. The van der Waals surface area contributed by atoms with Crippen molar-refractivity contribution in [3.05, 3.63) is 56.7 Å². The summed E-state index contributed by atoms with van der Waals surface area (Å²) in [6.07, 6.45) is 0. The molecule has 2 rings (SSSR count). The minimum absolute atomic E-state index is 0.0293. The van der Waals surface area contributed by atoms with Gasteiger partial charge in [0, 0.05) is 23.0 Å². The van der Waals surface area contributed by atoms with Crippen LogP contribution in [0.1, 0.15) is 16.0 Å². The fraction of sp³-hybridized carbons (Fsp3) is 0.312. The molecule has 112 valence electrons. The molecule has 0 aliphatic heterocycles. The predicted octanol–water partition coefficient (Wildman–Crippen LogP) is 3.46. The van der Waals surface area contributed by atoms with E-state index in [-0.39, 0.29) is 5.91 Å². The Morgan fingerprint density at radius 3 is 2.62 bits per heavy atom. The highest BCUT2D eigenvalue weighted by Gasteiger charge is 2.09. The van der Waals surface area contributed by atoms with E-state index in [9.17, 15) is 4.79 Å². The van der Waals surface area contributed by atoms with E-state index in [1.54, 1.807) is 11.3 Å². The third-order valence-corrected chi connectivity index (χ3v) is 4.46. The molecule has 3 nitrogen and oxygen atoms in total. The first-order chi connectivity index (χ1) is 10.0. The molecule has 1 heterocycles. The third kappa shape index (κ3) is 5.16. The molecule has 1 aromatic heterocycles. The fourth-order valence-electron chi connectivity index (χ4n) is 1.97. The molecule has 2 aromatic rings. The Balaban J connectivity index is 1.76. The Morgan fingerprint density at radius 2 is 2.00 bits per heavy atom. The quantitative estimate of drug-likeness (QED) is 0.883. The van der Waals surface area contributed by atoms with Gasteiger partial charge in [0.1, 0.15) is 0 Å². The van der Waals surface area contributed by atoms with Gasteiger partial charge in [0.25, 0.3) is 0 Å². The Hall–Kier alpha value is -1.36. The van der Waals surface area contributed by atoms with Crippen molar-refractivity contribution in [1.82, 2.24) is 10.2 Å². The largest absolute Gasteiger partial charge is 0.351 e. The molecule has 1 amide bonds. The summed E-state index contributed by atoms with van der Waals surface area (Å²) in [6.45, 7) is 3.82. The summed E-state index contributed by atoms with van der Waals surface area (Å²) in [6, 6.07) is 9.60. The Kier molecular flexibility index (Phi) is 5.79. The van der Waals surface area contributed by atoms with Gasteiger partial charge in [-0.3, -0.25) is 9.69 Å². The van der Waals surface area contributed by atoms with Crippen molar-refractivity contribution in [3.63, 3.8) is 0 Å². The third-order valence-electron chi connectivity index (χ3n) is 3.20. The molecule has 0 unspecified atom stereocenters. The van der Waals surface area contributed by atoms with Crippen LogP contribution in [0.4, 0.5) is 0 Å². The maximum Gasteiger partial charge on any atom is 0.234 e. The first kappa shape index (κ1) is 16.0. The van der Waals surface area contributed by atoms with Gasteiger partial charge in [0.2, 0.25) is 5.91 Å². The fourth-order valence-corrected chi connectivity index (χ4v) is 3.08. The van der Waals surface area contributed by atoms with E-state index in [2.05, 4.69) is 23.7 Å². The highest BCUT2D eigenvalue weighted by atomic mass is 35.5. The van der Waals surface area contributed by atoms with E-state index >= 15 is 0 Å². The van der Waals surface area contributed by atoms with Crippen molar-refractivity contribution in [2.45, 2.75) is 20.0 Å². The lowest BCUT2D eigenvalue weighted by Crippen LogP contribution is -2.34. The van der Waals surface area contributed by atoms with E-state index in [0.717, 1.165) is 12.1 Å². The van der Waals surface area contributed by atoms with Crippen LogP contribution in [-0.2, 0) is 17.9 Å². The van der Waals surface area contributed by atoms with Gasteiger partial charge in [-0.15, -0.1) is 11.3 Å². The van der Waals surface area contributed by atoms with Gasteiger partial charge >= 0.3 is 0 Å². The Bertz CT molecular complexity index is 595. The van der Waals surface area contributed by atoms with Crippen LogP contribution in [0, 0.1) is 6.92 Å². The molecular formula is C16H19ClN2OS. The summed E-state index contributed by atoms with van der Waals surface area (Å²) < 4.78 is 0. The van der Waals surface area contributed by atoms with Gasteiger partial charge in [-0.2, -0.15) is 0 Å². The summed E-state index contributed by atoms with van der Waals surface area (Å²) >= 11 is 7.56. The van der Waals surface area contributed by atoms with Crippen molar-refractivity contribution in [3.8, 4) is 0 Å². The minimum atomic E-state index is 0.0293. The van der Waals surface area contributed by atoms with Gasteiger partial charge in [0.15, 0.2) is 0 Å². The average Bonchev–Trinajstić information content (AvgIpc) is 2.83. The number of carbonyl (C=O) groups excluding carboxylic acids is 1. The average molecular weight is 323 g/mol. The van der Waals surface area contributed by atoms with E-state index in [1.165, 1.54) is 10.4 Å². The van der Waals surface area contributed by atoms with Crippen LogP contribution in [0.25, 0.3) is 0 Å². The van der Waals surface area contributed by atoms with Gasteiger partial charge in [-0.05, 0) is 48.7 Å². The number of likely N-dealkylation sites (N-methyl/N-ethyl adjacent to an activating group) is 1. The maximum absolute atomic E-state index is 11.9. The number of hydrogen-bond donors (Lipinski definition) is 1. The van der Waals surface area contributed by atoms with E-state index in [4.69, 9.17) is 11.6 Å². The second-order valence-corrected chi connectivity index (χ2v) is 6.54. The molecule has 0 atom stereocenters. The summed E-state index contributed by atoms with van der Waals surface area (Å²) in [7, 11) is 1.96. The van der Waals surface area contributed by atoms with Crippen LogP contribution in [0.5, 0.6) is 0 Å². The maximum atomic E-state index is 11.9. The van der Waals surface area contributed by atoms with Gasteiger partial charge in [0.05, 0.1) is 6.54 Å². The number of aryl methyl sites for hydroxylation is 1. The molecule has 1 aromatic carbocycles. The smallest absolute Gasteiger partial charge is 0.234 e. The van der Waals surface area contributed by atoms with Crippen LogP contribution in [0.3, 0.4) is 0 Å². The first-order valence-corrected chi connectivity index (χ1v) is 8.03. The van der Waals surface area contributed by atoms with E-state index in [1.807, 2.05) is 36.2 Å². The molecule has 5 heteroatoms. The standard InChI is InChI=1S/C16H19ClN2OS/c1-12-7-8-21-15(12)10-19(2)11-16(20)18-9-13-3-5-14(17)6-4-13/h3-8H,9-11H2,1-2H3,(H,18,20). The number of nitrogens with zero attached hydrogens (tertiary/aromatic N) is 1. The number of carbonyl (C=O) groups is 1. The van der Waals surface area contributed by atoms with Crippen molar-refractivity contribution in [2.24, 2.45) is 0 Å². The summed E-state index contributed by atoms with van der Waals surface area (Å²) in [5.41, 5.74) is 2.33. The zero-order valence-electron chi connectivity index (χ0n) is 12.2. The van der Waals surface area contributed by atoms with Crippen LogP contribution in [0.2, 0.25) is 5.02 Å². The van der Waals surface area contributed by atoms with Crippen molar-refractivity contribution < 1.29 is 4.79 Å². The van der Waals surface area contributed by atoms with Crippen LogP contribution < -0.4 is 5.32 Å². The van der Waals surface area contributed by atoms with Crippen molar-refractivity contribution in [1.29, 1.82) is 0 Å². The molecule has 0 spiro atoms. The lowest BCUT2D eigenvalue weighted by molar-refractivity contribution is -0.122. The molecule has 0 bridgehead atoms. The first-order valence-electron chi connectivity index (χ1n) is 6.77. The number of hydrogen-bond acceptors (Lipinski definition) is 3. The zero-order valence-corrected chi connectivity index (χ0v) is 13.8. The Labute approximate surface area is 134 Å². The second-order valence-electron chi connectivity index (χ2n) is 5.10. The number of thiophene rings is 1. The highest BCUT2D eigenvalue weighted by Crippen LogP contribution is 2.17. The molecule has 0 saturated carbocycles. The number of halogens is 1. The number of nitrogens with one attached hydrogen (secondary N) is 1. The molecule has 0 aliphatic rings.